The zero-order valence-electron chi connectivity index (χ0n) is 23.4. The summed E-state index contributed by atoms with van der Waals surface area (Å²) in [7, 11) is 0. The van der Waals surface area contributed by atoms with Crippen molar-refractivity contribution in [3.63, 3.8) is 0 Å². The molecule has 3 N–H and O–H groups in total. The van der Waals surface area contributed by atoms with E-state index in [1.807, 2.05) is 17.7 Å². The van der Waals surface area contributed by atoms with Gasteiger partial charge in [0, 0.05) is 42.2 Å². The van der Waals surface area contributed by atoms with Gasteiger partial charge in [-0.2, -0.15) is 23.4 Å². The maximum atomic E-state index is 14.5. The molecule has 0 unspecified atom stereocenters. The highest BCUT2D eigenvalue weighted by Crippen LogP contribution is 2.38. The molecule has 10 nitrogen and oxygen atoms in total. The molecule has 1 aliphatic carbocycles. The van der Waals surface area contributed by atoms with Crippen LogP contribution in [0.4, 0.5) is 23.4 Å². The maximum absolute atomic E-state index is 14.5. The fourth-order valence-corrected chi connectivity index (χ4v) is 5.08. The lowest BCUT2D eigenvalue weighted by Gasteiger charge is -2.29. The fraction of sp³-hybridized carbons (Fsp3) is 0.500. The number of ether oxygens (including phenoxy) is 1. The number of hydrogen-bond donors (Lipinski definition) is 3. The molecule has 1 saturated carbocycles. The number of alkyl halides is 3. The first-order valence-electron chi connectivity index (χ1n) is 13.8. The number of anilines is 1. The Morgan fingerprint density at radius 2 is 1.88 bits per heavy atom. The van der Waals surface area contributed by atoms with Crippen LogP contribution in [0.3, 0.4) is 0 Å². The van der Waals surface area contributed by atoms with Crippen LogP contribution in [0, 0.1) is 5.82 Å². The molecule has 0 saturated heterocycles. The average molecular weight is 592 g/mol. The Labute approximate surface area is 239 Å². The molecule has 0 bridgehead atoms. The van der Waals surface area contributed by atoms with E-state index in [4.69, 9.17) is 9.84 Å². The maximum Gasteiger partial charge on any atom is 0.419 e. The van der Waals surface area contributed by atoms with Gasteiger partial charge < -0.3 is 20.3 Å². The van der Waals surface area contributed by atoms with Crippen molar-refractivity contribution in [3.8, 4) is 17.1 Å². The molecule has 14 heteroatoms. The van der Waals surface area contributed by atoms with Crippen LogP contribution in [0.25, 0.3) is 22.2 Å². The van der Waals surface area contributed by atoms with Crippen LogP contribution in [0.1, 0.15) is 58.1 Å². The lowest BCUT2D eigenvalue weighted by molar-refractivity contribution is -0.140. The predicted molar refractivity (Wildman–Crippen MR) is 146 cm³/mol. The molecule has 1 fully saturated rings. The summed E-state index contributed by atoms with van der Waals surface area (Å²) in [5, 5.41) is 33.7. The van der Waals surface area contributed by atoms with Gasteiger partial charge in [-0.3, -0.25) is 9.36 Å². The Morgan fingerprint density at radius 1 is 1.14 bits per heavy atom. The minimum Gasteiger partial charge on any atom is -0.472 e. The van der Waals surface area contributed by atoms with Crippen molar-refractivity contribution >= 4 is 16.7 Å². The van der Waals surface area contributed by atoms with Crippen LogP contribution in [-0.4, -0.2) is 64.1 Å². The van der Waals surface area contributed by atoms with Gasteiger partial charge in [0.05, 0.1) is 35.5 Å². The summed E-state index contributed by atoms with van der Waals surface area (Å²) in [5.41, 5.74) is -0.491. The van der Waals surface area contributed by atoms with Crippen LogP contribution >= 0.6 is 0 Å². The van der Waals surface area contributed by atoms with Crippen molar-refractivity contribution in [1.29, 1.82) is 0 Å². The van der Waals surface area contributed by atoms with Crippen molar-refractivity contribution in [3.05, 3.63) is 48.3 Å². The van der Waals surface area contributed by atoms with Crippen LogP contribution in [0.2, 0.25) is 0 Å². The molecule has 0 aromatic carbocycles. The Kier molecular flexibility index (Phi) is 8.12. The number of pyridine rings is 2. The monoisotopic (exact) mass is 591 g/mol. The van der Waals surface area contributed by atoms with Gasteiger partial charge in [0.25, 0.3) is 5.88 Å². The molecule has 0 amide bonds. The summed E-state index contributed by atoms with van der Waals surface area (Å²) < 4.78 is 62.9. The Bertz CT molecular complexity index is 1540. The van der Waals surface area contributed by atoms with Gasteiger partial charge in [0.2, 0.25) is 0 Å². The second-order valence-electron chi connectivity index (χ2n) is 11.1. The van der Waals surface area contributed by atoms with Crippen molar-refractivity contribution in [1.82, 2.24) is 29.5 Å². The van der Waals surface area contributed by atoms with E-state index >= 15 is 0 Å². The van der Waals surface area contributed by atoms with Crippen molar-refractivity contribution in [2.45, 2.75) is 83.0 Å². The number of rotatable bonds is 9. The van der Waals surface area contributed by atoms with Gasteiger partial charge in [-0.15, -0.1) is 0 Å². The highest BCUT2D eigenvalue weighted by molar-refractivity contribution is 5.93. The van der Waals surface area contributed by atoms with Gasteiger partial charge >= 0.3 is 6.18 Å². The molecule has 4 aromatic heterocycles. The first-order valence-corrected chi connectivity index (χ1v) is 13.8. The lowest BCUT2D eigenvalue weighted by Crippen LogP contribution is -2.39. The summed E-state index contributed by atoms with van der Waals surface area (Å²) in [4.78, 5) is 8.21. The number of fused-ring (bicyclic) bond motifs is 1. The Balaban J connectivity index is 1.38. The topological polar surface area (TPSA) is 123 Å². The van der Waals surface area contributed by atoms with Crippen molar-refractivity contribution < 1.29 is 32.5 Å². The quantitative estimate of drug-likeness (QED) is 0.233. The summed E-state index contributed by atoms with van der Waals surface area (Å²) in [6.07, 6.45) is 1.80. The molecule has 0 radical (unpaired) electrons. The van der Waals surface area contributed by atoms with Gasteiger partial charge in [-0.1, -0.05) is 0 Å². The third kappa shape index (κ3) is 6.19. The van der Waals surface area contributed by atoms with Crippen LogP contribution in [-0.2, 0) is 12.7 Å². The predicted octanol–water partition coefficient (Wildman–Crippen LogP) is 4.97. The molecule has 0 spiro atoms. The van der Waals surface area contributed by atoms with Gasteiger partial charge in [-0.25, -0.2) is 14.4 Å². The van der Waals surface area contributed by atoms with Gasteiger partial charge in [0.1, 0.15) is 23.7 Å². The summed E-state index contributed by atoms with van der Waals surface area (Å²) in [5.74, 6) is -1.47. The Hall–Kier alpha value is -3.78. The number of aliphatic hydroxyl groups is 2. The summed E-state index contributed by atoms with van der Waals surface area (Å²) in [6.45, 7) is 5.79. The molecular formula is C28H33F4N7O3. The zero-order valence-corrected chi connectivity index (χ0v) is 23.4. The largest absolute Gasteiger partial charge is 0.472 e. The van der Waals surface area contributed by atoms with E-state index in [0.29, 0.717) is 55.4 Å². The first-order chi connectivity index (χ1) is 19.8. The fourth-order valence-electron chi connectivity index (χ4n) is 5.08. The van der Waals surface area contributed by atoms with Crippen LogP contribution in [0.5, 0.6) is 5.88 Å². The molecule has 1 aliphatic rings. The van der Waals surface area contributed by atoms with E-state index in [1.165, 1.54) is 13.8 Å². The van der Waals surface area contributed by atoms with Crippen molar-refractivity contribution in [2.24, 2.45) is 0 Å². The molecule has 1 atom stereocenters. The molecule has 42 heavy (non-hydrogen) atoms. The molecular weight excluding hydrogens is 558 g/mol. The van der Waals surface area contributed by atoms with Crippen LogP contribution < -0.4 is 10.1 Å². The van der Waals surface area contributed by atoms with Gasteiger partial charge in [-0.05, 0) is 52.5 Å². The number of nitrogens with zero attached hydrogens (tertiary/aromatic N) is 6. The molecule has 4 aromatic rings. The third-order valence-corrected chi connectivity index (χ3v) is 7.46. The smallest absolute Gasteiger partial charge is 0.419 e. The molecule has 0 aliphatic heterocycles. The van der Waals surface area contributed by atoms with Gasteiger partial charge in [0.15, 0.2) is 5.82 Å². The number of halogens is 4. The standard InChI is InChI=1S/C28H33F4N7O3/c1-4-33-23-11-21-19(13-35-23)25(16-12-36-38(14-16)15-22(40)27(2,3)41)37-39(21)17-5-7-18(8-6-17)42-26-24(29)20(9-10-34-26)28(30,31)32/h9-14,17-18,22,40-41H,4-8,15H2,1-3H3,(H,33,35)/t17-,18+,22-/m0/s1. The SMILES string of the molecule is CCNc1cc2c(cn1)c(-c1cnn(C[C@H](O)C(C)(C)O)c1)nn2[C@H]1CC[C@@H](Oc2nccc(C(F)(F)F)c2F)CC1. The Morgan fingerprint density at radius 3 is 2.55 bits per heavy atom. The second kappa shape index (κ2) is 11.5. The molecule has 4 heterocycles. The number of aromatic nitrogens is 6. The highest BCUT2D eigenvalue weighted by Gasteiger charge is 2.36. The van der Waals surface area contributed by atoms with E-state index in [-0.39, 0.29) is 12.6 Å². The number of aliphatic hydroxyl groups excluding tert-OH is 1. The van der Waals surface area contributed by atoms with E-state index in [9.17, 15) is 27.8 Å². The van der Waals surface area contributed by atoms with Crippen molar-refractivity contribution in [2.75, 3.05) is 11.9 Å². The molecule has 226 valence electrons. The minimum atomic E-state index is -4.84. The number of nitrogens with one attached hydrogen (secondary N) is 1. The third-order valence-electron chi connectivity index (χ3n) is 7.46. The zero-order chi connectivity index (χ0) is 30.2. The van der Waals surface area contributed by atoms with E-state index < -0.39 is 41.2 Å². The first kappa shape index (κ1) is 29.7. The van der Waals surface area contributed by atoms with E-state index in [2.05, 4.69) is 20.4 Å². The normalized spacial score (nSPS) is 18.8. The van der Waals surface area contributed by atoms with E-state index in [0.717, 1.165) is 17.1 Å². The summed E-state index contributed by atoms with van der Waals surface area (Å²) in [6, 6.07) is 2.46. The number of hydrogen-bond acceptors (Lipinski definition) is 8. The molecule has 5 rings (SSSR count). The summed E-state index contributed by atoms with van der Waals surface area (Å²) >= 11 is 0. The average Bonchev–Trinajstić information content (AvgIpc) is 3.54. The minimum absolute atomic E-state index is 0.0515. The highest BCUT2D eigenvalue weighted by atomic mass is 19.4. The second-order valence-corrected chi connectivity index (χ2v) is 11.1. The lowest BCUT2D eigenvalue weighted by atomic mass is 9.93. The van der Waals surface area contributed by atoms with E-state index in [1.54, 1.807) is 23.3 Å². The van der Waals surface area contributed by atoms with Crippen LogP contribution in [0.15, 0.2) is 36.9 Å².